The molecule has 0 aliphatic rings. The Labute approximate surface area is 257 Å². The molecule has 0 amide bonds. The second kappa shape index (κ2) is 13.3. The third-order valence-electron chi connectivity index (χ3n) is 6.63. The molecule has 0 aliphatic heterocycles. The fourth-order valence-electron chi connectivity index (χ4n) is 4.37. The molecule has 230 valence electrons. The van der Waals surface area contributed by atoms with Gasteiger partial charge >= 0.3 is 18.3 Å². The highest BCUT2D eigenvalue weighted by molar-refractivity contribution is 6.36. The summed E-state index contributed by atoms with van der Waals surface area (Å²) >= 11 is 12.5. The SMILES string of the molecule is O=C(O)CCCC(=O)c1ccc(-c2cc(C(F)(F)F)ccc2CNc2ccc(-c3ccc(C(F)(F)F)cc3Cl)c(Cl)c2)cn1. The van der Waals surface area contributed by atoms with Crippen LogP contribution in [-0.4, -0.2) is 21.8 Å². The van der Waals surface area contributed by atoms with Gasteiger partial charge in [-0.3, -0.25) is 14.6 Å². The molecule has 1 aromatic heterocycles. The van der Waals surface area contributed by atoms with E-state index in [1.54, 1.807) is 12.1 Å². The number of nitrogens with one attached hydrogen (secondary N) is 1. The molecule has 0 aliphatic carbocycles. The first-order chi connectivity index (χ1) is 20.6. The van der Waals surface area contributed by atoms with Gasteiger partial charge in [0.2, 0.25) is 0 Å². The number of aromatic nitrogens is 1. The van der Waals surface area contributed by atoms with Crippen LogP contribution in [0.2, 0.25) is 10.0 Å². The summed E-state index contributed by atoms with van der Waals surface area (Å²) in [4.78, 5) is 27.1. The van der Waals surface area contributed by atoms with Crippen molar-refractivity contribution in [3.8, 4) is 22.3 Å². The predicted octanol–water partition coefficient (Wildman–Crippen LogP) is 9.81. The molecule has 0 saturated heterocycles. The third kappa shape index (κ3) is 8.09. The Hall–Kier alpha value is -4.09. The number of nitrogens with zero attached hydrogens (tertiary/aromatic N) is 1. The maximum atomic E-state index is 13.5. The van der Waals surface area contributed by atoms with E-state index in [1.165, 1.54) is 36.5 Å². The molecule has 5 nitrogen and oxygen atoms in total. The Morgan fingerprint density at radius 1 is 0.750 bits per heavy atom. The van der Waals surface area contributed by atoms with Crippen LogP contribution < -0.4 is 5.32 Å². The number of carbonyl (C=O) groups excluding carboxylic acids is 1. The van der Waals surface area contributed by atoms with Crippen molar-refractivity contribution >= 4 is 40.6 Å². The van der Waals surface area contributed by atoms with Gasteiger partial charge < -0.3 is 10.4 Å². The summed E-state index contributed by atoms with van der Waals surface area (Å²) < 4.78 is 79.7. The first kappa shape index (κ1) is 32.8. The monoisotopic (exact) mass is 654 g/mol. The Balaban J connectivity index is 1.56. The van der Waals surface area contributed by atoms with Crippen LogP contribution in [0, 0.1) is 0 Å². The van der Waals surface area contributed by atoms with Crippen LogP contribution >= 0.6 is 23.2 Å². The van der Waals surface area contributed by atoms with Gasteiger partial charge in [0.15, 0.2) is 5.78 Å². The number of carbonyl (C=O) groups is 2. The van der Waals surface area contributed by atoms with Crippen LogP contribution in [0.1, 0.15) is 46.4 Å². The van der Waals surface area contributed by atoms with E-state index in [1.807, 2.05) is 0 Å². The molecule has 0 spiro atoms. The number of benzene rings is 3. The van der Waals surface area contributed by atoms with Crippen LogP contribution in [0.25, 0.3) is 22.3 Å². The molecule has 0 unspecified atom stereocenters. The molecule has 2 N–H and O–H groups in total. The summed E-state index contributed by atoms with van der Waals surface area (Å²) in [7, 11) is 0. The minimum atomic E-state index is -4.61. The van der Waals surface area contributed by atoms with Crippen molar-refractivity contribution in [1.29, 1.82) is 0 Å². The van der Waals surface area contributed by atoms with E-state index in [0.717, 1.165) is 24.3 Å². The zero-order valence-electron chi connectivity index (χ0n) is 22.5. The van der Waals surface area contributed by atoms with Crippen molar-refractivity contribution in [2.24, 2.45) is 0 Å². The van der Waals surface area contributed by atoms with Gasteiger partial charge in [0.05, 0.1) is 16.1 Å². The molecule has 0 atom stereocenters. The van der Waals surface area contributed by atoms with Crippen molar-refractivity contribution in [3.63, 3.8) is 0 Å². The summed E-state index contributed by atoms with van der Waals surface area (Å²) in [6, 6.07) is 13.7. The molecule has 0 radical (unpaired) electrons. The fraction of sp³-hybridized carbons (Fsp3) is 0.194. The van der Waals surface area contributed by atoms with Crippen molar-refractivity contribution < 1.29 is 41.0 Å². The Morgan fingerprint density at radius 3 is 1.93 bits per heavy atom. The van der Waals surface area contributed by atoms with Crippen molar-refractivity contribution in [1.82, 2.24) is 4.98 Å². The molecule has 3 aromatic carbocycles. The number of alkyl halides is 6. The van der Waals surface area contributed by atoms with E-state index in [-0.39, 0.29) is 58.5 Å². The second-order valence-electron chi connectivity index (χ2n) is 9.71. The van der Waals surface area contributed by atoms with E-state index < -0.39 is 29.4 Å². The average Bonchev–Trinajstić information content (AvgIpc) is 2.95. The zero-order valence-corrected chi connectivity index (χ0v) is 24.0. The lowest BCUT2D eigenvalue weighted by Gasteiger charge is -2.16. The Kier molecular flexibility index (Phi) is 9.90. The van der Waals surface area contributed by atoms with Gasteiger partial charge in [-0.2, -0.15) is 26.3 Å². The Morgan fingerprint density at radius 2 is 1.36 bits per heavy atom. The molecule has 4 aromatic rings. The van der Waals surface area contributed by atoms with Crippen LogP contribution in [0.4, 0.5) is 32.0 Å². The molecule has 4 rings (SSSR count). The summed E-state index contributed by atoms with van der Waals surface area (Å²) in [5.74, 6) is -1.42. The number of aliphatic carboxylic acids is 1. The number of halogens is 8. The van der Waals surface area contributed by atoms with Crippen molar-refractivity contribution in [2.75, 3.05) is 5.32 Å². The zero-order chi connectivity index (χ0) is 32.2. The normalized spacial score (nSPS) is 11.8. The highest BCUT2D eigenvalue weighted by atomic mass is 35.5. The maximum absolute atomic E-state index is 13.5. The summed E-state index contributed by atoms with van der Waals surface area (Å²) in [5, 5.41) is 11.9. The molecule has 0 bridgehead atoms. The van der Waals surface area contributed by atoms with Gasteiger partial charge in [0, 0.05) is 53.0 Å². The lowest BCUT2D eigenvalue weighted by atomic mass is 9.97. The number of Topliss-reactive ketones (excluding diaryl/α,β-unsaturated/α-hetero) is 1. The van der Waals surface area contributed by atoms with Gasteiger partial charge in [-0.15, -0.1) is 0 Å². The van der Waals surface area contributed by atoms with Crippen LogP contribution in [0.5, 0.6) is 0 Å². The standard InChI is InChI=1S/C31H22Cl2F6N2O3/c32-25-13-20(31(37,38)39)7-9-22(25)23-10-8-21(14-26(23)33)40-15-17-4-6-19(30(34,35)36)12-24(17)18-5-11-27(41-16-18)28(42)2-1-3-29(43)44/h4-14,16,40H,1-3,15H2,(H,43,44). The Bertz CT molecular complexity index is 1690. The largest absolute Gasteiger partial charge is 0.481 e. The number of rotatable bonds is 10. The van der Waals surface area contributed by atoms with Gasteiger partial charge in [-0.25, -0.2) is 0 Å². The van der Waals surface area contributed by atoms with Crippen molar-refractivity contribution in [3.05, 3.63) is 105 Å². The summed E-state index contributed by atoms with van der Waals surface area (Å²) in [5.41, 5.74) is 0.427. The van der Waals surface area contributed by atoms with Crippen LogP contribution in [-0.2, 0) is 23.7 Å². The average molecular weight is 655 g/mol. The lowest BCUT2D eigenvalue weighted by molar-refractivity contribution is -0.138. The van der Waals surface area contributed by atoms with E-state index >= 15 is 0 Å². The van der Waals surface area contributed by atoms with Crippen LogP contribution in [0.15, 0.2) is 72.9 Å². The quantitative estimate of drug-likeness (QED) is 0.131. The van der Waals surface area contributed by atoms with E-state index in [4.69, 9.17) is 28.3 Å². The molecule has 13 heteroatoms. The molecule has 0 fully saturated rings. The predicted molar refractivity (Wildman–Crippen MR) is 155 cm³/mol. The smallest absolute Gasteiger partial charge is 0.416 e. The number of anilines is 1. The molecular formula is C31H22Cl2F6N2O3. The van der Waals surface area contributed by atoms with Crippen LogP contribution in [0.3, 0.4) is 0 Å². The first-order valence-electron chi connectivity index (χ1n) is 13.0. The van der Waals surface area contributed by atoms with Gasteiger partial charge in [-0.05, 0) is 60.0 Å². The van der Waals surface area contributed by atoms with Gasteiger partial charge in [0.25, 0.3) is 0 Å². The number of hydrogen-bond acceptors (Lipinski definition) is 4. The number of pyridine rings is 1. The second-order valence-corrected chi connectivity index (χ2v) is 10.5. The van der Waals surface area contributed by atoms with E-state index in [0.29, 0.717) is 22.4 Å². The first-order valence-corrected chi connectivity index (χ1v) is 13.7. The number of carboxylic acid groups (broad SMARTS) is 1. The topological polar surface area (TPSA) is 79.3 Å². The number of carboxylic acids is 1. The molecule has 1 heterocycles. The number of hydrogen-bond donors (Lipinski definition) is 2. The number of ketones is 1. The summed E-state index contributed by atoms with van der Waals surface area (Å²) in [6.07, 6.45) is -7.98. The van der Waals surface area contributed by atoms with E-state index in [9.17, 15) is 35.9 Å². The highest BCUT2D eigenvalue weighted by Gasteiger charge is 2.32. The van der Waals surface area contributed by atoms with Crippen molar-refractivity contribution in [2.45, 2.75) is 38.2 Å². The summed E-state index contributed by atoms with van der Waals surface area (Å²) in [6.45, 7) is 0.0556. The molecular weight excluding hydrogens is 633 g/mol. The highest BCUT2D eigenvalue weighted by Crippen LogP contribution is 2.39. The molecule has 0 saturated carbocycles. The van der Waals surface area contributed by atoms with Gasteiger partial charge in [-0.1, -0.05) is 47.5 Å². The third-order valence-corrected chi connectivity index (χ3v) is 7.26. The minimum absolute atomic E-state index is 0.0379. The fourth-order valence-corrected chi connectivity index (χ4v) is 4.94. The molecule has 44 heavy (non-hydrogen) atoms. The van der Waals surface area contributed by atoms with Gasteiger partial charge in [0.1, 0.15) is 5.69 Å². The lowest BCUT2D eigenvalue weighted by Crippen LogP contribution is -2.08. The maximum Gasteiger partial charge on any atom is 0.416 e. The van der Waals surface area contributed by atoms with E-state index in [2.05, 4.69) is 10.3 Å². The minimum Gasteiger partial charge on any atom is -0.481 e.